The Hall–Kier alpha value is -1.53. The Bertz CT molecular complexity index is 856. The smallest absolute Gasteiger partial charge is 0.338 e. The van der Waals surface area contributed by atoms with Gasteiger partial charge in [-0.05, 0) is 19.1 Å². The SMILES string of the molecule is CC.CC.CC(=O)CC(=O)OCC(O)COC(=O)c1ccc(C(=O)c2ccccc2)cc1.[CH3-].[CH3-].[W].[Y]. The maximum absolute atomic E-state index is 12.3. The molecule has 1 atom stereocenters. The van der Waals surface area contributed by atoms with E-state index in [1.54, 1.807) is 24.3 Å². The molecule has 2 aromatic rings. The first-order valence-electron chi connectivity index (χ1n) is 10.6. The average Bonchev–Trinajstić information content (AvgIpc) is 2.83. The zero-order valence-corrected chi connectivity index (χ0v) is 28.0. The summed E-state index contributed by atoms with van der Waals surface area (Å²) in [6.45, 7) is 8.49. The molecule has 2 rings (SSSR count). The molecule has 0 spiro atoms. The number of ketones is 2. The fraction of sp³-hybridized carbons (Fsp3) is 0.333. The van der Waals surface area contributed by atoms with Gasteiger partial charge in [0, 0.05) is 64.9 Å². The van der Waals surface area contributed by atoms with E-state index in [1.807, 2.05) is 33.8 Å². The topological polar surface area (TPSA) is 107 Å². The molecule has 1 unspecified atom stereocenters. The van der Waals surface area contributed by atoms with Crippen LogP contribution in [0.25, 0.3) is 0 Å². The molecule has 0 saturated heterocycles. The van der Waals surface area contributed by atoms with E-state index in [4.69, 9.17) is 9.47 Å². The molecular weight excluding hydrogens is 709 g/mol. The normalized spacial score (nSPS) is 9.17. The number of carbonyl (C=O) groups excluding carboxylic acids is 4. The fourth-order valence-corrected chi connectivity index (χ4v) is 2.26. The molecule has 1 N–H and O–H groups in total. The summed E-state index contributed by atoms with van der Waals surface area (Å²) in [5.74, 6) is -1.95. The monoisotopic (exact) mass is 747 g/mol. The van der Waals surface area contributed by atoms with Gasteiger partial charge in [-0.3, -0.25) is 14.4 Å². The van der Waals surface area contributed by atoms with Gasteiger partial charge in [-0.2, -0.15) is 0 Å². The maximum atomic E-state index is 12.3. The fourth-order valence-electron chi connectivity index (χ4n) is 2.26. The van der Waals surface area contributed by atoms with E-state index in [-0.39, 0.29) is 105 Å². The number of Topliss-reactive ketones (excluding diaryl/α,β-unsaturated/α-hetero) is 1. The van der Waals surface area contributed by atoms with Crippen molar-refractivity contribution in [2.45, 2.75) is 47.1 Å². The standard InChI is InChI=1S/C21H20O7.2C2H6.2CH3.W.Y/c1-14(22)11-19(24)27-12-18(23)13-28-21(26)17-9-7-16(8-10-17)20(25)15-5-3-2-4-6-15;2*1-2;;;;/h2-10,18,23H,11-13H2,1H3;2*1-2H3;2*1H3;;/q;;;2*-1;;. The molecule has 199 valence electrons. The van der Waals surface area contributed by atoms with E-state index in [1.165, 1.54) is 31.2 Å². The van der Waals surface area contributed by atoms with Crippen LogP contribution in [0.2, 0.25) is 0 Å². The Balaban J connectivity index is -0.000000381. The van der Waals surface area contributed by atoms with Gasteiger partial charge >= 0.3 is 11.9 Å². The van der Waals surface area contributed by atoms with Crippen LogP contribution in [0.1, 0.15) is 67.3 Å². The molecule has 0 fully saturated rings. The van der Waals surface area contributed by atoms with Gasteiger partial charge in [0.1, 0.15) is 31.5 Å². The summed E-state index contributed by atoms with van der Waals surface area (Å²) in [4.78, 5) is 46.3. The first-order chi connectivity index (χ1) is 15.4. The van der Waals surface area contributed by atoms with Gasteiger partial charge in [0.25, 0.3) is 0 Å². The van der Waals surface area contributed by atoms with Crippen molar-refractivity contribution in [3.8, 4) is 0 Å². The van der Waals surface area contributed by atoms with Crippen LogP contribution in [0, 0.1) is 14.9 Å². The molecule has 0 heterocycles. The molecule has 1 radical (unpaired) electrons. The van der Waals surface area contributed by atoms with Gasteiger partial charge < -0.3 is 29.4 Å². The Morgan fingerprint density at radius 2 is 1.17 bits per heavy atom. The molecular formula is C27H38O7WY-2. The van der Waals surface area contributed by atoms with Crippen molar-refractivity contribution in [2.24, 2.45) is 0 Å². The van der Waals surface area contributed by atoms with E-state index in [9.17, 15) is 24.3 Å². The maximum Gasteiger partial charge on any atom is 0.338 e. The molecule has 0 aliphatic heterocycles. The van der Waals surface area contributed by atoms with Crippen LogP contribution in [-0.4, -0.2) is 47.9 Å². The third kappa shape index (κ3) is 17.8. The first kappa shape index (κ1) is 44.5. The summed E-state index contributed by atoms with van der Waals surface area (Å²) in [6, 6.07) is 14.7. The number of aliphatic hydroxyl groups excluding tert-OH is 1. The number of rotatable bonds is 9. The second-order valence-corrected chi connectivity index (χ2v) is 6.09. The Morgan fingerprint density at radius 1 is 0.750 bits per heavy atom. The summed E-state index contributed by atoms with van der Waals surface area (Å²) in [5, 5.41) is 9.69. The van der Waals surface area contributed by atoms with Crippen LogP contribution in [0.15, 0.2) is 54.6 Å². The Kier molecular flexibility index (Phi) is 32.8. The molecule has 0 aliphatic carbocycles. The van der Waals surface area contributed by atoms with E-state index in [0.29, 0.717) is 11.1 Å². The minimum atomic E-state index is -1.21. The number of aliphatic hydroxyl groups is 1. The van der Waals surface area contributed by atoms with Crippen LogP contribution in [-0.2, 0) is 72.8 Å². The van der Waals surface area contributed by atoms with Gasteiger partial charge in [0.05, 0.1) is 5.56 Å². The van der Waals surface area contributed by atoms with Gasteiger partial charge in [0.15, 0.2) is 5.78 Å². The number of carbonyl (C=O) groups is 4. The van der Waals surface area contributed by atoms with E-state index in [0.717, 1.165) is 0 Å². The van der Waals surface area contributed by atoms with Crippen LogP contribution in [0.5, 0.6) is 0 Å². The third-order valence-electron chi connectivity index (χ3n) is 3.66. The molecule has 7 nitrogen and oxygen atoms in total. The summed E-state index contributed by atoms with van der Waals surface area (Å²) in [6.07, 6.45) is -1.58. The quantitative estimate of drug-likeness (QED) is 0.168. The largest absolute Gasteiger partial charge is 0.462 e. The van der Waals surface area contributed by atoms with Crippen molar-refractivity contribution in [1.29, 1.82) is 0 Å². The van der Waals surface area contributed by atoms with Crippen molar-refractivity contribution in [2.75, 3.05) is 13.2 Å². The van der Waals surface area contributed by atoms with Gasteiger partial charge in [0.2, 0.25) is 0 Å². The minimum absolute atomic E-state index is 0. The molecule has 2 aromatic carbocycles. The van der Waals surface area contributed by atoms with Gasteiger partial charge in [-0.25, -0.2) is 4.79 Å². The summed E-state index contributed by atoms with van der Waals surface area (Å²) in [7, 11) is 0. The Labute approximate surface area is 255 Å². The molecule has 9 heteroatoms. The minimum Gasteiger partial charge on any atom is -0.462 e. The van der Waals surface area contributed by atoms with Crippen molar-refractivity contribution in [3.63, 3.8) is 0 Å². The van der Waals surface area contributed by atoms with Crippen molar-refractivity contribution in [1.82, 2.24) is 0 Å². The van der Waals surface area contributed by atoms with Crippen LogP contribution in [0.3, 0.4) is 0 Å². The van der Waals surface area contributed by atoms with Gasteiger partial charge in [-0.15, -0.1) is 0 Å². The predicted octanol–water partition coefficient (Wildman–Crippen LogP) is 4.91. The molecule has 0 aliphatic rings. The van der Waals surface area contributed by atoms with E-state index in [2.05, 4.69) is 0 Å². The second kappa shape index (κ2) is 26.5. The zero-order valence-electron chi connectivity index (χ0n) is 22.3. The van der Waals surface area contributed by atoms with Crippen LogP contribution in [0.4, 0.5) is 0 Å². The number of hydrogen-bond acceptors (Lipinski definition) is 7. The summed E-state index contributed by atoms with van der Waals surface area (Å²) in [5.41, 5.74) is 1.19. The predicted molar refractivity (Wildman–Crippen MR) is 134 cm³/mol. The summed E-state index contributed by atoms with van der Waals surface area (Å²) < 4.78 is 9.65. The second-order valence-electron chi connectivity index (χ2n) is 6.09. The van der Waals surface area contributed by atoms with E-state index < -0.39 is 18.0 Å². The molecule has 0 saturated carbocycles. The molecule has 0 aromatic heterocycles. The van der Waals surface area contributed by atoms with E-state index >= 15 is 0 Å². The molecule has 36 heavy (non-hydrogen) atoms. The Morgan fingerprint density at radius 3 is 1.64 bits per heavy atom. The van der Waals surface area contributed by atoms with Crippen molar-refractivity contribution >= 4 is 23.5 Å². The van der Waals surface area contributed by atoms with Crippen LogP contribution >= 0.6 is 0 Å². The molecule has 0 bridgehead atoms. The van der Waals surface area contributed by atoms with Crippen molar-refractivity contribution in [3.05, 3.63) is 86.1 Å². The number of benzene rings is 2. The summed E-state index contributed by atoms with van der Waals surface area (Å²) >= 11 is 0. The average molecular weight is 747 g/mol. The van der Waals surface area contributed by atoms with Crippen LogP contribution < -0.4 is 0 Å². The van der Waals surface area contributed by atoms with Crippen molar-refractivity contribution < 1.29 is 87.5 Å². The zero-order chi connectivity index (χ0) is 24.5. The van der Waals surface area contributed by atoms with Gasteiger partial charge in [-0.1, -0.05) is 70.2 Å². The molecule has 0 amide bonds. The number of ether oxygens (including phenoxy) is 2. The number of hydrogen-bond donors (Lipinski definition) is 1. The third-order valence-corrected chi connectivity index (χ3v) is 3.66. The first-order valence-corrected chi connectivity index (χ1v) is 10.6. The number of esters is 2.